The predicted molar refractivity (Wildman–Crippen MR) is 216 cm³/mol. The summed E-state index contributed by atoms with van der Waals surface area (Å²) in [6, 6.07) is 29.9. The van der Waals surface area contributed by atoms with Crippen LogP contribution in [0.1, 0.15) is 11.1 Å². The molecule has 58 heavy (non-hydrogen) atoms. The summed E-state index contributed by atoms with van der Waals surface area (Å²) in [6.07, 6.45) is 11.0. The molecule has 0 atom stereocenters. The molecule has 0 spiro atoms. The van der Waals surface area contributed by atoms with E-state index in [0.29, 0.717) is 64.0 Å². The number of phenols is 1. The Kier molecular flexibility index (Phi) is 13.1. The summed E-state index contributed by atoms with van der Waals surface area (Å²) in [6.45, 7) is 3.33. The van der Waals surface area contributed by atoms with Crippen LogP contribution in [0.5, 0.6) is 23.3 Å². The van der Waals surface area contributed by atoms with Gasteiger partial charge in [-0.25, -0.2) is 9.97 Å². The second kappa shape index (κ2) is 19.3. The van der Waals surface area contributed by atoms with E-state index in [9.17, 15) is 14.7 Å². The number of hydrogen-bond donors (Lipinski definition) is 1. The minimum absolute atomic E-state index is 0.0336. The molecule has 0 aliphatic carbocycles. The average Bonchev–Trinajstić information content (AvgIpc) is 3.22. The van der Waals surface area contributed by atoms with E-state index in [4.69, 9.17) is 18.9 Å². The fourth-order valence-electron chi connectivity index (χ4n) is 6.29. The molecule has 0 saturated carbocycles. The highest BCUT2D eigenvalue weighted by atomic mass is 16.5. The number of aromatic hydroxyl groups is 1. The number of carbonyl (C=O) groups is 2. The fourth-order valence-corrected chi connectivity index (χ4v) is 6.29. The van der Waals surface area contributed by atoms with Crippen molar-refractivity contribution in [2.24, 2.45) is 0 Å². The third-order valence-electron chi connectivity index (χ3n) is 9.51. The fraction of sp³-hybridized carbons (Fsp3) is 0.244. The van der Waals surface area contributed by atoms with E-state index in [1.807, 2.05) is 72.8 Å². The first-order chi connectivity index (χ1) is 28.4. The quantitative estimate of drug-likeness (QED) is 0.136. The lowest BCUT2D eigenvalue weighted by Gasteiger charge is -2.38. The molecule has 6 aromatic rings. The second-order valence-electron chi connectivity index (χ2n) is 13.8. The van der Waals surface area contributed by atoms with E-state index in [1.54, 1.807) is 78.4 Å². The van der Waals surface area contributed by atoms with Gasteiger partial charge in [-0.15, -0.1) is 0 Å². The number of methoxy groups -OCH3 is 1. The Morgan fingerprint density at radius 2 is 1.16 bits per heavy atom. The summed E-state index contributed by atoms with van der Waals surface area (Å²) >= 11 is 0. The summed E-state index contributed by atoms with van der Waals surface area (Å²) < 4.78 is 22.4. The average molecular weight is 781 g/mol. The number of aromatic nitrogens is 4. The van der Waals surface area contributed by atoms with Gasteiger partial charge in [-0.3, -0.25) is 19.6 Å². The second-order valence-corrected chi connectivity index (χ2v) is 13.8. The zero-order chi connectivity index (χ0) is 40.1. The monoisotopic (exact) mass is 780 g/mol. The smallest absolute Gasteiger partial charge is 0.227 e. The first-order valence-electron chi connectivity index (χ1n) is 19.0. The van der Waals surface area contributed by atoms with Crippen molar-refractivity contribution in [2.45, 2.75) is 25.0 Å². The largest absolute Gasteiger partial charge is 0.508 e. The Morgan fingerprint density at radius 3 is 1.62 bits per heavy atom. The third-order valence-corrected chi connectivity index (χ3v) is 9.51. The third kappa shape index (κ3) is 10.9. The predicted octanol–water partition coefficient (Wildman–Crippen LogP) is 5.68. The van der Waals surface area contributed by atoms with E-state index in [1.165, 1.54) is 0 Å². The molecule has 8 rings (SSSR count). The number of nitrogens with zero attached hydrogens (tertiary/aromatic N) is 6. The van der Waals surface area contributed by atoms with Crippen LogP contribution in [0.25, 0.3) is 22.3 Å². The highest BCUT2D eigenvalue weighted by molar-refractivity contribution is 5.80. The van der Waals surface area contributed by atoms with Crippen molar-refractivity contribution < 1.29 is 33.6 Å². The van der Waals surface area contributed by atoms with Gasteiger partial charge in [0, 0.05) is 67.6 Å². The van der Waals surface area contributed by atoms with Gasteiger partial charge in [-0.1, -0.05) is 36.4 Å². The SMILES string of the molecule is COCCOc1cccc(-c2ccc(OC3CN(C(=O)Cc4cccnc4)C3)nc2)c1.O=C(Cc1cccnc1)N1CC(Oc2ccc(-c3cccc(O)c3)cn2)C1. The zero-order valence-electron chi connectivity index (χ0n) is 32.1. The first-order valence-corrected chi connectivity index (χ1v) is 19.0. The van der Waals surface area contributed by atoms with E-state index < -0.39 is 0 Å². The van der Waals surface area contributed by atoms with Crippen molar-refractivity contribution in [3.05, 3.63) is 145 Å². The zero-order valence-corrected chi connectivity index (χ0v) is 32.1. The Labute approximate surface area is 336 Å². The summed E-state index contributed by atoms with van der Waals surface area (Å²) in [5.41, 5.74) is 5.62. The van der Waals surface area contributed by atoms with Crippen LogP contribution in [-0.4, -0.2) is 105 Å². The van der Waals surface area contributed by atoms with Gasteiger partial charge in [0.1, 0.15) is 30.3 Å². The number of ether oxygens (including phenoxy) is 4. The molecule has 2 amide bonds. The topological polar surface area (TPSA) is 149 Å². The van der Waals surface area contributed by atoms with Crippen molar-refractivity contribution in [3.8, 4) is 45.5 Å². The van der Waals surface area contributed by atoms with E-state index in [2.05, 4.69) is 19.9 Å². The maximum Gasteiger partial charge on any atom is 0.227 e. The molecule has 2 aliphatic rings. The van der Waals surface area contributed by atoms with Gasteiger partial charge in [-0.05, 0) is 70.8 Å². The molecule has 0 unspecified atom stereocenters. The van der Waals surface area contributed by atoms with Crippen molar-refractivity contribution in [2.75, 3.05) is 46.5 Å². The van der Waals surface area contributed by atoms with E-state index >= 15 is 0 Å². The molecular weight excluding hydrogens is 737 g/mol. The number of amides is 2. The van der Waals surface area contributed by atoms with Gasteiger partial charge in [0.15, 0.2) is 0 Å². The number of pyridine rings is 4. The number of benzene rings is 2. The van der Waals surface area contributed by atoms with Crippen molar-refractivity contribution in [3.63, 3.8) is 0 Å². The molecule has 2 saturated heterocycles. The molecule has 2 aromatic carbocycles. The van der Waals surface area contributed by atoms with Gasteiger partial charge in [0.2, 0.25) is 23.6 Å². The van der Waals surface area contributed by atoms with Crippen LogP contribution in [0.3, 0.4) is 0 Å². The number of hydrogen-bond acceptors (Lipinski definition) is 11. The first kappa shape index (κ1) is 39.4. The summed E-state index contributed by atoms with van der Waals surface area (Å²) in [5.74, 6) is 2.27. The Balaban J connectivity index is 0.000000178. The Hall–Kier alpha value is -6.86. The summed E-state index contributed by atoms with van der Waals surface area (Å²) in [5, 5.41) is 9.57. The number of likely N-dealkylation sites (tertiary alicyclic amines) is 2. The van der Waals surface area contributed by atoms with Gasteiger partial charge in [-0.2, -0.15) is 0 Å². The number of rotatable bonds is 14. The number of carbonyl (C=O) groups excluding carboxylic acids is 2. The Bertz CT molecular complexity index is 2230. The highest BCUT2D eigenvalue weighted by Gasteiger charge is 2.33. The highest BCUT2D eigenvalue weighted by Crippen LogP contribution is 2.27. The molecule has 1 N–H and O–H groups in total. The molecule has 2 fully saturated rings. The lowest BCUT2D eigenvalue weighted by Crippen LogP contribution is -2.56. The van der Waals surface area contributed by atoms with Gasteiger partial charge >= 0.3 is 0 Å². The van der Waals surface area contributed by atoms with Gasteiger partial charge in [0.25, 0.3) is 0 Å². The summed E-state index contributed by atoms with van der Waals surface area (Å²) in [4.78, 5) is 44.9. The molecule has 6 heterocycles. The molecule has 296 valence electrons. The standard InChI is InChI=1S/C24H25N3O4.C21H19N3O3/c1-29-10-11-30-21-6-2-5-19(13-21)20-7-8-23(26-15-20)31-22-16-27(17-22)24(28)12-18-4-3-9-25-14-18;25-18-5-1-4-16(10-18)17-6-7-20(23-12-17)27-19-13-24(14-19)21(26)9-15-3-2-8-22-11-15/h2-9,13-15,22H,10-12,16-17H2,1H3;1-8,10-12,19,25H,9,13-14H2. The minimum Gasteiger partial charge on any atom is -0.508 e. The van der Waals surface area contributed by atoms with Crippen molar-refractivity contribution >= 4 is 11.8 Å². The van der Waals surface area contributed by atoms with E-state index in [0.717, 1.165) is 39.1 Å². The molecule has 0 bridgehead atoms. The molecule has 2 aliphatic heterocycles. The van der Waals surface area contributed by atoms with Crippen LogP contribution < -0.4 is 14.2 Å². The maximum absolute atomic E-state index is 12.3. The van der Waals surface area contributed by atoms with E-state index in [-0.39, 0.29) is 29.8 Å². The van der Waals surface area contributed by atoms with Gasteiger partial charge in [0.05, 0.1) is 45.6 Å². The normalized spacial score (nSPS) is 13.7. The van der Waals surface area contributed by atoms with Crippen molar-refractivity contribution in [1.82, 2.24) is 29.7 Å². The van der Waals surface area contributed by atoms with Crippen LogP contribution in [0.4, 0.5) is 0 Å². The van der Waals surface area contributed by atoms with Crippen LogP contribution in [0, 0.1) is 0 Å². The lowest BCUT2D eigenvalue weighted by atomic mass is 10.1. The molecule has 13 heteroatoms. The minimum atomic E-state index is -0.0398. The van der Waals surface area contributed by atoms with Crippen LogP contribution in [0.2, 0.25) is 0 Å². The number of phenolic OH excluding ortho intramolecular Hbond substituents is 1. The molecule has 13 nitrogen and oxygen atoms in total. The summed E-state index contributed by atoms with van der Waals surface area (Å²) in [7, 11) is 1.65. The van der Waals surface area contributed by atoms with Crippen LogP contribution in [0.15, 0.2) is 134 Å². The lowest BCUT2D eigenvalue weighted by molar-refractivity contribution is -0.140. The Morgan fingerprint density at radius 1 is 0.621 bits per heavy atom. The molecular formula is C45H44N6O7. The maximum atomic E-state index is 12.3. The molecule has 4 aromatic heterocycles. The van der Waals surface area contributed by atoms with Crippen LogP contribution >= 0.6 is 0 Å². The molecule has 0 radical (unpaired) electrons. The van der Waals surface area contributed by atoms with Crippen LogP contribution in [-0.2, 0) is 27.2 Å². The van der Waals surface area contributed by atoms with Crippen molar-refractivity contribution in [1.29, 1.82) is 0 Å². The van der Waals surface area contributed by atoms with Gasteiger partial charge < -0.3 is 33.9 Å².